The molecule has 3 aromatic rings. The fourth-order valence-electron chi connectivity index (χ4n) is 2.67. The van der Waals surface area contributed by atoms with Crippen LogP contribution in [0, 0.1) is 6.92 Å². The molecule has 0 saturated carbocycles. The highest BCUT2D eigenvalue weighted by Gasteiger charge is 2.13. The molecule has 0 spiro atoms. The Kier molecular flexibility index (Phi) is 3.73. The van der Waals surface area contributed by atoms with Crippen LogP contribution in [0.2, 0.25) is 0 Å². The van der Waals surface area contributed by atoms with Crippen molar-refractivity contribution in [1.82, 2.24) is 9.55 Å². The molecule has 0 amide bonds. The third-order valence-corrected chi connectivity index (χ3v) is 4.13. The zero-order valence-electron chi connectivity index (χ0n) is 12.6. The summed E-state index contributed by atoms with van der Waals surface area (Å²) >= 11 is 6.10. The largest absolute Gasteiger partial charge is 0.295 e. The number of hydrogen-bond acceptors (Lipinski definition) is 1. The van der Waals surface area contributed by atoms with Crippen LogP contribution in [0.4, 0.5) is 0 Å². The smallest absolute Gasteiger partial charge is 0.129 e. The Morgan fingerprint density at radius 1 is 1.10 bits per heavy atom. The Morgan fingerprint density at radius 2 is 1.81 bits per heavy atom. The first-order valence-electron chi connectivity index (χ1n) is 7.25. The molecule has 108 valence electrons. The summed E-state index contributed by atoms with van der Waals surface area (Å²) in [5, 5.41) is 0. The van der Waals surface area contributed by atoms with E-state index in [1.165, 1.54) is 11.1 Å². The van der Waals surface area contributed by atoms with Crippen molar-refractivity contribution in [1.29, 1.82) is 0 Å². The molecular formula is C18H19ClN2. The number of rotatable bonds is 3. The molecule has 0 atom stereocenters. The van der Waals surface area contributed by atoms with Crippen LogP contribution < -0.4 is 0 Å². The number of halogens is 1. The van der Waals surface area contributed by atoms with Crippen LogP contribution in [0.25, 0.3) is 16.7 Å². The molecule has 1 aromatic heterocycles. The summed E-state index contributed by atoms with van der Waals surface area (Å²) in [7, 11) is 0. The van der Waals surface area contributed by atoms with E-state index < -0.39 is 0 Å². The average molecular weight is 299 g/mol. The van der Waals surface area contributed by atoms with Crippen LogP contribution in [-0.4, -0.2) is 9.55 Å². The van der Waals surface area contributed by atoms with E-state index in [4.69, 9.17) is 16.6 Å². The van der Waals surface area contributed by atoms with E-state index in [1.54, 1.807) is 0 Å². The van der Waals surface area contributed by atoms with Gasteiger partial charge < -0.3 is 0 Å². The topological polar surface area (TPSA) is 17.8 Å². The summed E-state index contributed by atoms with van der Waals surface area (Å²) in [5.74, 6) is 1.83. The summed E-state index contributed by atoms with van der Waals surface area (Å²) in [6.07, 6.45) is 0. The van der Waals surface area contributed by atoms with Gasteiger partial charge in [0.1, 0.15) is 5.82 Å². The van der Waals surface area contributed by atoms with Gasteiger partial charge in [-0.1, -0.05) is 38.1 Å². The van der Waals surface area contributed by atoms with Crippen LogP contribution in [0.1, 0.15) is 36.7 Å². The van der Waals surface area contributed by atoms with E-state index in [9.17, 15) is 0 Å². The zero-order valence-corrected chi connectivity index (χ0v) is 13.4. The number of nitrogens with zero attached hydrogens (tertiary/aromatic N) is 2. The molecule has 21 heavy (non-hydrogen) atoms. The van der Waals surface area contributed by atoms with Gasteiger partial charge in [-0.25, -0.2) is 4.98 Å². The number of benzene rings is 2. The molecule has 0 aliphatic rings. The van der Waals surface area contributed by atoms with Gasteiger partial charge in [-0.05, 0) is 42.2 Å². The summed E-state index contributed by atoms with van der Waals surface area (Å²) in [5.41, 5.74) is 5.77. The quantitative estimate of drug-likeness (QED) is 0.608. The minimum atomic E-state index is 0.403. The second kappa shape index (κ2) is 5.53. The molecule has 0 radical (unpaired) electrons. The maximum Gasteiger partial charge on any atom is 0.129 e. The Labute approximate surface area is 130 Å². The summed E-state index contributed by atoms with van der Waals surface area (Å²) in [6, 6.07) is 14.9. The van der Waals surface area contributed by atoms with Crippen molar-refractivity contribution >= 4 is 22.6 Å². The van der Waals surface area contributed by atoms with Crippen LogP contribution in [-0.2, 0) is 5.88 Å². The van der Waals surface area contributed by atoms with Gasteiger partial charge in [0.05, 0.1) is 16.9 Å². The van der Waals surface area contributed by atoms with Crippen molar-refractivity contribution in [3.05, 3.63) is 59.4 Å². The maximum atomic E-state index is 6.10. The van der Waals surface area contributed by atoms with E-state index in [-0.39, 0.29) is 0 Å². The van der Waals surface area contributed by atoms with Crippen LogP contribution in [0.3, 0.4) is 0 Å². The lowest BCUT2D eigenvalue weighted by Gasteiger charge is -2.10. The van der Waals surface area contributed by atoms with Crippen molar-refractivity contribution in [3.8, 4) is 5.69 Å². The predicted molar refractivity (Wildman–Crippen MR) is 89.5 cm³/mol. The summed E-state index contributed by atoms with van der Waals surface area (Å²) in [6.45, 7) is 6.49. The minimum absolute atomic E-state index is 0.403. The van der Waals surface area contributed by atoms with Crippen LogP contribution >= 0.6 is 11.6 Å². The molecule has 2 aromatic carbocycles. The molecule has 0 aliphatic heterocycles. The van der Waals surface area contributed by atoms with Crippen molar-refractivity contribution in [3.63, 3.8) is 0 Å². The first kappa shape index (κ1) is 14.2. The van der Waals surface area contributed by atoms with E-state index in [2.05, 4.69) is 67.8 Å². The van der Waals surface area contributed by atoms with Gasteiger partial charge in [-0.2, -0.15) is 0 Å². The maximum absolute atomic E-state index is 6.10. The van der Waals surface area contributed by atoms with Gasteiger partial charge >= 0.3 is 0 Å². The lowest BCUT2D eigenvalue weighted by Crippen LogP contribution is -1.99. The molecule has 0 bridgehead atoms. The number of aromatic nitrogens is 2. The van der Waals surface area contributed by atoms with E-state index in [1.807, 2.05) is 0 Å². The fraction of sp³-hybridized carbons (Fsp3) is 0.278. The third kappa shape index (κ3) is 2.44. The lowest BCUT2D eigenvalue weighted by atomic mass is 10.0. The number of fused-ring (bicyclic) bond motifs is 1. The summed E-state index contributed by atoms with van der Waals surface area (Å²) in [4.78, 5) is 4.70. The molecule has 2 nitrogen and oxygen atoms in total. The van der Waals surface area contributed by atoms with Gasteiger partial charge in [0, 0.05) is 5.69 Å². The Bertz CT molecular complexity index is 770. The highest BCUT2D eigenvalue weighted by molar-refractivity contribution is 6.17. The van der Waals surface area contributed by atoms with Crippen LogP contribution in [0.5, 0.6) is 0 Å². The van der Waals surface area contributed by atoms with E-state index in [0.29, 0.717) is 11.8 Å². The highest BCUT2D eigenvalue weighted by atomic mass is 35.5. The normalized spacial score (nSPS) is 11.5. The molecule has 0 unspecified atom stereocenters. The minimum Gasteiger partial charge on any atom is -0.295 e. The van der Waals surface area contributed by atoms with E-state index >= 15 is 0 Å². The van der Waals surface area contributed by atoms with Crippen molar-refractivity contribution < 1.29 is 0 Å². The Balaban J connectivity index is 2.21. The standard InChI is InChI=1S/C18H19ClN2/c1-12(2)14-7-9-15(10-8-14)21-16-6-4-5-13(3)18(16)20-17(21)11-19/h4-10,12H,11H2,1-3H3. The third-order valence-electron chi connectivity index (χ3n) is 3.89. The number of aryl methyl sites for hydroxylation is 1. The molecule has 3 rings (SSSR count). The van der Waals surface area contributed by atoms with Gasteiger partial charge in [-0.15, -0.1) is 11.6 Å². The SMILES string of the molecule is Cc1cccc2c1nc(CCl)n2-c1ccc(C(C)C)cc1. The van der Waals surface area contributed by atoms with Gasteiger partial charge in [0.15, 0.2) is 0 Å². The molecule has 0 N–H and O–H groups in total. The zero-order chi connectivity index (χ0) is 15.0. The van der Waals surface area contributed by atoms with Crippen molar-refractivity contribution in [2.45, 2.75) is 32.6 Å². The van der Waals surface area contributed by atoms with Gasteiger partial charge in [-0.3, -0.25) is 4.57 Å². The van der Waals surface area contributed by atoms with Gasteiger partial charge in [0.25, 0.3) is 0 Å². The average Bonchev–Trinajstić information content (AvgIpc) is 2.87. The molecule has 3 heteroatoms. The first-order chi connectivity index (χ1) is 10.1. The summed E-state index contributed by atoms with van der Waals surface area (Å²) < 4.78 is 2.15. The van der Waals surface area contributed by atoms with Gasteiger partial charge in [0.2, 0.25) is 0 Å². The second-order valence-corrected chi connectivity index (χ2v) is 5.95. The molecular weight excluding hydrogens is 280 g/mol. The molecule has 1 heterocycles. The van der Waals surface area contributed by atoms with E-state index in [0.717, 1.165) is 22.5 Å². The fourth-order valence-corrected chi connectivity index (χ4v) is 2.85. The number of hydrogen-bond donors (Lipinski definition) is 0. The van der Waals surface area contributed by atoms with Crippen molar-refractivity contribution in [2.24, 2.45) is 0 Å². The molecule has 0 fully saturated rings. The number of para-hydroxylation sites is 1. The lowest BCUT2D eigenvalue weighted by molar-refractivity contribution is 0.864. The predicted octanol–water partition coefficient (Wildman–Crippen LogP) is 5.20. The molecule has 0 aliphatic carbocycles. The molecule has 0 saturated heterocycles. The first-order valence-corrected chi connectivity index (χ1v) is 7.78. The van der Waals surface area contributed by atoms with Crippen molar-refractivity contribution in [2.75, 3.05) is 0 Å². The van der Waals surface area contributed by atoms with Crippen LogP contribution in [0.15, 0.2) is 42.5 Å². The number of imidazole rings is 1. The second-order valence-electron chi connectivity index (χ2n) is 5.69. The highest BCUT2D eigenvalue weighted by Crippen LogP contribution is 2.26. The monoisotopic (exact) mass is 298 g/mol. The Morgan fingerprint density at radius 3 is 2.43 bits per heavy atom. The Hall–Kier alpha value is -1.80. The number of alkyl halides is 1.